The van der Waals surface area contributed by atoms with Gasteiger partial charge in [0.05, 0.1) is 10.2 Å². The molecular formula is C15H11N5S. The largest absolute Gasteiger partial charge is 0.399 e. The average molecular weight is 293 g/mol. The van der Waals surface area contributed by atoms with Crippen LogP contribution in [0, 0.1) is 0 Å². The standard InChI is InChI=1S/C15H11N5S/c16-11-3-1-2-10(8-11)14-17-5-6-20(14)15-13-12(4-7-21-13)18-9-19-15/h1-9H,16H2. The SMILES string of the molecule is Nc1cccc(-c2nccn2-c2ncnc3ccsc23)c1. The third kappa shape index (κ3) is 1.96. The van der Waals surface area contributed by atoms with Crippen molar-refractivity contribution in [2.24, 2.45) is 0 Å². The lowest BCUT2D eigenvalue weighted by Gasteiger charge is -2.08. The van der Waals surface area contributed by atoms with Crippen LogP contribution in [0.3, 0.4) is 0 Å². The van der Waals surface area contributed by atoms with E-state index in [2.05, 4.69) is 15.0 Å². The molecule has 6 heteroatoms. The van der Waals surface area contributed by atoms with Gasteiger partial charge in [0, 0.05) is 23.6 Å². The van der Waals surface area contributed by atoms with Crippen LogP contribution in [0.2, 0.25) is 0 Å². The Balaban J connectivity index is 1.95. The van der Waals surface area contributed by atoms with E-state index in [1.165, 1.54) is 0 Å². The number of thiophene rings is 1. The molecule has 0 aliphatic heterocycles. The van der Waals surface area contributed by atoms with Gasteiger partial charge in [-0.05, 0) is 23.6 Å². The number of rotatable bonds is 2. The Hall–Kier alpha value is -2.73. The molecule has 0 amide bonds. The predicted octanol–water partition coefficient (Wildman–Crippen LogP) is 3.13. The molecule has 0 saturated heterocycles. The van der Waals surface area contributed by atoms with Crippen molar-refractivity contribution in [1.82, 2.24) is 19.5 Å². The molecule has 21 heavy (non-hydrogen) atoms. The van der Waals surface area contributed by atoms with Crippen LogP contribution in [0.5, 0.6) is 0 Å². The van der Waals surface area contributed by atoms with Crippen molar-refractivity contribution in [3.05, 3.63) is 54.4 Å². The highest BCUT2D eigenvalue weighted by molar-refractivity contribution is 7.17. The number of fused-ring (bicyclic) bond motifs is 1. The fourth-order valence-corrected chi connectivity index (χ4v) is 3.14. The highest BCUT2D eigenvalue weighted by Gasteiger charge is 2.12. The molecule has 0 spiro atoms. The van der Waals surface area contributed by atoms with E-state index in [1.54, 1.807) is 23.9 Å². The van der Waals surface area contributed by atoms with E-state index in [-0.39, 0.29) is 0 Å². The van der Waals surface area contributed by atoms with Crippen molar-refractivity contribution < 1.29 is 0 Å². The van der Waals surface area contributed by atoms with Gasteiger partial charge in [0.2, 0.25) is 0 Å². The average Bonchev–Trinajstić information content (AvgIpc) is 3.16. The highest BCUT2D eigenvalue weighted by Crippen LogP contribution is 2.28. The minimum absolute atomic E-state index is 0.714. The Kier molecular flexibility index (Phi) is 2.68. The normalized spacial score (nSPS) is 11.0. The second kappa shape index (κ2) is 4.68. The summed E-state index contributed by atoms with van der Waals surface area (Å²) >= 11 is 1.62. The second-order valence-electron chi connectivity index (χ2n) is 4.58. The van der Waals surface area contributed by atoms with E-state index in [4.69, 9.17) is 5.73 Å². The molecule has 0 radical (unpaired) electrons. The van der Waals surface area contributed by atoms with Gasteiger partial charge in [-0.25, -0.2) is 15.0 Å². The first-order chi connectivity index (χ1) is 10.3. The van der Waals surface area contributed by atoms with Gasteiger partial charge < -0.3 is 5.73 Å². The first-order valence-corrected chi connectivity index (χ1v) is 7.29. The van der Waals surface area contributed by atoms with Gasteiger partial charge >= 0.3 is 0 Å². The molecule has 0 fully saturated rings. The topological polar surface area (TPSA) is 69.6 Å². The van der Waals surface area contributed by atoms with Crippen molar-refractivity contribution in [2.45, 2.75) is 0 Å². The minimum atomic E-state index is 0.714. The zero-order valence-corrected chi connectivity index (χ0v) is 11.8. The number of nitrogens with two attached hydrogens (primary N) is 1. The van der Waals surface area contributed by atoms with E-state index < -0.39 is 0 Å². The lowest BCUT2D eigenvalue weighted by molar-refractivity contribution is 1.01. The summed E-state index contributed by atoms with van der Waals surface area (Å²) in [6.07, 6.45) is 5.24. The number of nitrogen functional groups attached to an aromatic ring is 1. The Labute approximate surface area is 124 Å². The Morgan fingerprint density at radius 3 is 2.95 bits per heavy atom. The van der Waals surface area contributed by atoms with E-state index in [1.807, 2.05) is 46.5 Å². The predicted molar refractivity (Wildman–Crippen MR) is 84.4 cm³/mol. The van der Waals surface area contributed by atoms with Gasteiger partial charge in [-0.2, -0.15) is 0 Å². The van der Waals surface area contributed by atoms with E-state index >= 15 is 0 Å². The fraction of sp³-hybridized carbons (Fsp3) is 0. The molecule has 0 unspecified atom stereocenters. The van der Waals surface area contributed by atoms with Gasteiger partial charge in [-0.3, -0.25) is 4.57 Å². The van der Waals surface area contributed by atoms with Gasteiger partial charge in [0.1, 0.15) is 12.2 Å². The molecule has 0 saturated carbocycles. The van der Waals surface area contributed by atoms with Gasteiger partial charge in [0.15, 0.2) is 5.82 Å². The third-order valence-corrected chi connectivity index (χ3v) is 4.14. The zero-order valence-electron chi connectivity index (χ0n) is 11.0. The van der Waals surface area contributed by atoms with Crippen LogP contribution in [-0.4, -0.2) is 19.5 Å². The van der Waals surface area contributed by atoms with Crippen molar-refractivity contribution in [1.29, 1.82) is 0 Å². The number of imidazole rings is 1. The summed E-state index contributed by atoms with van der Waals surface area (Å²) in [5.41, 5.74) is 8.48. The molecule has 3 heterocycles. The number of hydrogen-bond acceptors (Lipinski definition) is 5. The molecule has 102 valence electrons. The molecule has 5 nitrogen and oxygen atoms in total. The summed E-state index contributed by atoms with van der Waals surface area (Å²) < 4.78 is 3.01. The van der Waals surface area contributed by atoms with Crippen LogP contribution in [0.25, 0.3) is 27.4 Å². The number of anilines is 1. The smallest absolute Gasteiger partial charge is 0.159 e. The molecule has 3 aromatic heterocycles. The number of aromatic nitrogens is 4. The maximum Gasteiger partial charge on any atom is 0.159 e. The monoisotopic (exact) mass is 293 g/mol. The van der Waals surface area contributed by atoms with Crippen molar-refractivity contribution in [2.75, 3.05) is 5.73 Å². The van der Waals surface area contributed by atoms with Crippen LogP contribution in [0.15, 0.2) is 54.4 Å². The molecular weight excluding hydrogens is 282 g/mol. The summed E-state index contributed by atoms with van der Waals surface area (Å²) in [5, 5.41) is 2.01. The molecule has 0 aliphatic rings. The van der Waals surface area contributed by atoms with Gasteiger partial charge in [-0.15, -0.1) is 11.3 Å². The Morgan fingerprint density at radius 2 is 2.05 bits per heavy atom. The number of benzene rings is 1. The summed E-state index contributed by atoms with van der Waals surface area (Å²) in [7, 11) is 0. The Bertz CT molecular complexity index is 924. The first kappa shape index (κ1) is 12.0. The third-order valence-electron chi connectivity index (χ3n) is 3.24. The van der Waals surface area contributed by atoms with E-state index in [0.717, 1.165) is 27.4 Å². The molecule has 0 atom stereocenters. The lowest BCUT2D eigenvalue weighted by atomic mass is 10.2. The van der Waals surface area contributed by atoms with Crippen LogP contribution in [0.1, 0.15) is 0 Å². The van der Waals surface area contributed by atoms with Crippen LogP contribution in [-0.2, 0) is 0 Å². The zero-order chi connectivity index (χ0) is 14.2. The quantitative estimate of drug-likeness (QED) is 0.576. The summed E-state index contributed by atoms with van der Waals surface area (Å²) in [6.45, 7) is 0. The molecule has 4 rings (SSSR count). The highest BCUT2D eigenvalue weighted by atomic mass is 32.1. The van der Waals surface area contributed by atoms with Crippen molar-refractivity contribution >= 4 is 27.2 Å². The van der Waals surface area contributed by atoms with Crippen LogP contribution < -0.4 is 5.73 Å². The Morgan fingerprint density at radius 1 is 1.10 bits per heavy atom. The number of hydrogen-bond donors (Lipinski definition) is 1. The van der Waals surface area contributed by atoms with E-state index in [9.17, 15) is 0 Å². The molecule has 4 aromatic rings. The molecule has 0 bridgehead atoms. The lowest BCUT2D eigenvalue weighted by Crippen LogP contribution is -2.00. The second-order valence-corrected chi connectivity index (χ2v) is 5.49. The number of nitrogens with zero attached hydrogens (tertiary/aromatic N) is 4. The summed E-state index contributed by atoms with van der Waals surface area (Å²) in [5.74, 6) is 1.65. The summed E-state index contributed by atoms with van der Waals surface area (Å²) in [4.78, 5) is 13.1. The minimum Gasteiger partial charge on any atom is -0.399 e. The van der Waals surface area contributed by atoms with Crippen LogP contribution >= 0.6 is 11.3 Å². The maximum atomic E-state index is 5.87. The van der Waals surface area contributed by atoms with Crippen LogP contribution in [0.4, 0.5) is 5.69 Å². The molecule has 2 N–H and O–H groups in total. The van der Waals surface area contributed by atoms with E-state index in [0.29, 0.717) is 5.69 Å². The van der Waals surface area contributed by atoms with Crippen molar-refractivity contribution in [3.63, 3.8) is 0 Å². The molecule has 1 aromatic carbocycles. The van der Waals surface area contributed by atoms with Crippen molar-refractivity contribution in [3.8, 4) is 17.2 Å². The fourth-order valence-electron chi connectivity index (χ4n) is 2.31. The van der Waals surface area contributed by atoms with Gasteiger partial charge in [-0.1, -0.05) is 12.1 Å². The summed E-state index contributed by atoms with van der Waals surface area (Å²) in [6, 6.07) is 9.67. The van der Waals surface area contributed by atoms with Gasteiger partial charge in [0.25, 0.3) is 0 Å². The maximum absolute atomic E-state index is 5.87. The first-order valence-electron chi connectivity index (χ1n) is 6.41. The molecule has 0 aliphatic carbocycles.